The van der Waals surface area contributed by atoms with Crippen molar-refractivity contribution in [3.05, 3.63) is 11.6 Å². The second kappa shape index (κ2) is 7.42. The molecule has 2 N–H and O–H groups in total. The van der Waals surface area contributed by atoms with Crippen molar-refractivity contribution in [2.75, 3.05) is 0 Å². The summed E-state index contributed by atoms with van der Waals surface area (Å²) in [6.45, 7) is 17.9. The number of hydrogen-bond donors (Lipinski definition) is 2. The monoisotopic (exact) mass is 472 g/mol. The predicted molar refractivity (Wildman–Crippen MR) is 134 cm³/mol. The highest BCUT2D eigenvalue weighted by molar-refractivity contribution is 5.85. The third-order valence-electron chi connectivity index (χ3n) is 12.6. The van der Waals surface area contributed by atoms with Gasteiger partial charge in [-0.1, -0.05) is 53.2 Å². The Morgan fingerprint density at radius 2 is 1.68 bits per heavy atom. The highest BCUT2D eigenvalue weighted by Crippen LogP contribution is 2.73. The smallest absolute Gasteiger partial charge is 0.138 e. The van der Waals surface area contributed by atoms with Gasteiger partial charge in [-0.3, -0.25) is 4.79 Å². The lowest BCUT2D eigenvalue weighted by Gasteiger charge is -2.63. The van der Waals surface area contributed by atoms with Crippen LogP contribution in [0.3, 0.4) is 0 Å². The number of Topliss-reactive ketones (excluding diaryl/α,β-unsaturated/α-hetero) is 1. The van der Waals surface area contributed by atoms with Gasteiger partial charge in [0.15, 0.2) is 0 Å². The zero-order valence-electron chi connectivity index (χ0n) is 22.8. The molecule has 34 heavy (non-hydrogen) atoms. The van der Waals surface area contributed by atoms with Crippen LogP contribution in [0, 0.1) is 45.3 Å². The van der Waals surface area contributed by atoms with Gasteiger partial charge in [0, 0.05) is 11.8 Å². The number of ether oxygens (including phenoxy) is 1. The van der Waals surface area contributed by atoms with Crippen LogP contribution in [0.2, 0.25) is 0 Å². The number of allylic oxidation sites excluding steroid dienone is 2. The first-order valence-electron chi connectivity index (χ1n) is 13.9. The highest BCUT2D eigenvalue weighted by Gasteiger charge is 2.66. The van der Waals surface area contributed by atoms with E-state index in [9.17, 15) is 15.0 Å². The Hall–Kier alpha value is -0.710. The normalized spacial score (nSPS) is 52.4. The fraction of sp³-hybridized carbons (Fsp3) is 0.900. The van der Waals surface area contributed by atoms with Crippen LogP contribution < -0.4 is 0 Å². The Morgan fingerprint density at radius 1 is 1.00 bits per heavy atom. The number of ketones is 1. The predicted octanol–water partition coefficient (Wildman–Crippen LogP) is 5.70. The van der Waals surface area contributed by atoms with Gasteiger partial charge >= 0.3 is 0 Å². The molecule has 5 rings (SSSR count). The van der Waals surface area contributed by atoms with Crippen molar-refractivity contribution in [1.29, 1.82) is 0 Å². The van der Waals surface area contributed by atoms with Crippen molar-refractivity contribution >= 4 is 5.78 Å². The molecule has 192 valence electrons. The van der Waals surface area contributed by atoms with Crippen LogP contribution in [0.25, 0.3) is 0 Å². The molecule has 0 aromatic heterocycles. The van der Waals surface area contributed by atoms with E-state index >= 15 is 0 Å². The van der Waals surface area contributed by atoms with Crippen LogP contribution in [0.4, 0.5) is 0 Å². The lowest BCUT2D eigenvalue weighted by Crippen LogP contribution is -2.57. The first-order chi connectivity index (χ1) is 15.6. The first kappa shape index (κ1) is 25.0. The van der Waals surface area contributed by atoms with Crippen molar-refractivity contribution in [2.24, 2.45) is 45.3 Å². The molecule has 0 aromatic carbocycles. The Morgan fingerprint density at radius 3 is 2.29 bits per heavy atom. The molecule has 1 saturated heterocycles. The molecule has 4 nitrogen and oxygen atoms in total. The van der Waals surface area contributed by atoms with E-state index in [1.807, 2.05) is 13.8 Å². The van der Waals surface area contributed by atoms with Crippen molar-refractivity contribution in [2.45, 2.75) is 124 Å². The minimum absolute atomic E-state index is 0.145. The molecule has 0 bridgehead atoms. The molecule has 4 aliphatic carbocycles. The van der Waals surface area contributed by atoms with Crippen LogP contribution in [0.15, 0.2) is 11.6 Å². The summed E-state index contributed by atoms with van der Waals surface area (Å²) in [4.78, 5) is 12.8. The van der Waals surface area contributed by atoms with E-state index in [1.165, 1.54) is 19.3 Å². The zero-order chi connectivity index (χ0) is 25.1. The molecule has 1 heterocycles. The van der Waals surface area contributed by atoms with Gasteiger partial charge in [0.25, 0.3) is 0 Å². The Kier molecular flexibility index (Phi) is 5.44. The Labute approximate surface area is 206 Å². The maximum atomic E-state index is 12.8. The molecular weight excluding hydrogens is 424 g/mol. The summed E-state index contributed by atoms with van der Waals surface area (Å²) in [7, 11) is 0. The lowest BCUT2D eigenvalue weighted by atomic mass is 9.41. The number of carbonyl (C=O) groups excluding carboxylic acids is 1. The van der Waals surface area contributed by atoms with Gasteiger partial charge < -0.3 is 14.9 Å². The second-order valence-corrected chi connectivity index (χ2v) is 14.6. The van der Waals surface area contributed by atoms with Gasteiger partial charge in [0.05, 0.1) is 11.7 Å². The summed E-state index contributed by atoms with van der Waals surface area (Å²) in [6.07, 6.45) is 8.07. The van der Waals surface area contributed by atoms with Crippen molar-refractivity contribution in [3.63, 3.8) is 0 Å². The largest absolute Gasteiger partial charge is 0.388 e. The maximum Gasteiger partial charge on any atom is 0.138 e. The molecule has 0 spiro atoms. The van der Waals surface area contributed by atoms with Crippen LogP contribution in [-0.2, 0) is 9.53 Å². The minimum atomic E-state index is -0.841. The van der Waals surface area contributed by atoms with E-state index in [0.717, 1.165) is 25.7 Å². The minimum Gasteiger partial charge on any atom is -0.388 e. The third-order valence-corrected chi connectivity index (χ3v) is 12.6. The summed E-state index contributed by atoms with van der Waals surface area (Å²) < 4.78 is 6.28. The number of hydrogen-bond acceptors (Lipinski definition) is 4. The summed E-state index contributed by atoms with van der Waals surface area (Å²) in [5, 5.41) is 21.5. The van der Waals surface area contributed by atoms with E-state index in [2.05, 4.69) is 47.6 Å². The number of aliphatic hydroxyl groups is 2. The Bertz CT molecular complexity index is 903. The van der Waals surface area contributed by atoms with Crippen LogP contribution in [0.1, 0.15) is 100 Å². The number of fused-ring (bicyclic) bond motifs is 5. The molecular formula is C30H48O4. The van der Waals surface area contributed by atoms with Gasteiger partial charge in [-0.2, -0.15) is 0 Å². The van der Waals surface area contributed by atoms with Crippen LogP contribution in [0.5, 0.6) is 0 Å². The molecule has 10 atom stereocenters. The highest BCUT2D eigenvalue weighted by atomic mass is 16.6. The number of aliphatic hydroxyl groups excluding tert-OH is 2. The summed E-state index contributed by atoms with van der Waals surface area (Å²) in [5.74, 6) is 2.10. The molecule has 0 amide bonds. The van der Waals surface area contributed by atoms with Gasteiger partial charge in [-0.25, -0.2) is 0 Å². The van der Waals surface area contributed by atoms with E-state index in [4.69, 9.17) is 4.74 Å². The van der Waals surface area contributed by atoms with E-state index in [1.54, 1.807) is 5.57 Å². The average molecular weight is 473 g/mol. The Balaban J connectivity index is 1.47. The van der Waals surface area contributed by atoms with Crippen molar-refractivity contribution < 1.29 is 19.7 Å². The molecule has 0 aromatic rings. The van der Waals surface area contributed by atoms with E-state index in [-0.39, 0.29) is 33.7 Å². The average Bonchev–Trinajstić information content (AvgIpc) is 3.15. The molecule has 7 unspecified atom stereocenters. The summed E-state index contributed by atoms with van der Waals surface area (Å²) >= 11 is 0. The standard InChI is InChI=1S/C30H48O4/c1-17(24-23(32)25(33)27(4,5)34-24)18-11-15-30(8)20-9-10-21-26(2,3)22(31)13-14-28(21,6)19(20)12-16-29(18,30)7/h9,17-19,21,23-25,32-33H,10-16H2,1-8H3/t17?,18?,19?,21?,23?,24?,25?,28-,29+,30+/m1/s1. The summed E-state index contributed by atoms with van der Waals surface area (Å²) in [6, 6.07) is 0. The second-order valence-electron chi connectivity index (χ2n) is 14.6. The van der Waals surface area contributed by atoms with Crippen LogP contribution in [-0.4, -0.2) is 39.9 Å². The molecule has 3 saturated carbocycles. The fourth-order valence-electron chi connectivity index (χ4n) is 10.1. The summed E-state index contributed by atoms with van der Waals surface area (Å²) in [5.41, 5.74) is 1.24. The van der Waals surface area contributed by atoms with Crippen LogP contribution >= 0.6 is 0 Å². The topological polar surface area (TPSA) is 66.8 Å². The molecule has 1 aliphatic heterocycles. The first-order valence-corrected chi connectivity index (χ1v) is 13.9. The van der Waals surface area contributed by atoms with Gasteiger partial charge in [-0.05, 0) is 92.3 Å². The van der Waals surface area contributed by atoms with Gasteiger partial charge in [-0.15, -0.1) is 0 Å². The SMILES string of the molecule is CC(C1OC(C)(C)C(O)C1O)C1CC[C@@]2(C)C3=CCC4C(C)(C)C(=O)CC[C@]4(C)C3CC[C@@]12C. The third kappa shape index (κ3) is 2.97. The zero-order valence-corrected chi connectivity index (χ0v) is 22.8. The van der Waals surface area contributed by atoms with Gasteiger partial charge in [0.1, 0.15) is 18.0 Å². The number of rotatable bonds is 2. The molecule has 0 radical (unpaired) electrons. The van der Waals surface area contributed by atoms with Gasteiger partial charge in [0.2, 0.25) is 0 Å². The number of carbonyl (C=O) groups is 1. The molecule has 4 heteroatoms. The van der Waals surface area contributed by atoms with Crippen molar-refractivity contribution in [3.8, 4) is 0 Å². The van der Waals surface area contributed by atoms with Crippen molar-refractivity contribution in [1.82, 2.24) is 0 Å². The molecule has 5 aliphatic rings. The molecule has 4 fully saturated rings. The quantitative estimate of drug-likeness (QED) is 0.506. The fourth-order valence-corrected chi connectivity index (χ4v) is 10.1. The van der Waals surface area contributed by atoms with E-state index < -0.39 is 17.8 Å². The lowest BCUT2D eigenvalue weighted by molar-refractivity contribution is -0.146. The van der Waals surface area contributed by atoms with E-state index in [0.29, 0.717) is 23.5 Å². The maximum absolute atomic E-state index is 12.8.